The molecule has 31 heavy (non-hydrogen) atoms. The summed E-state index contributed by atoms with van der Waals surface area (Å²) in [4.78, 5) is 4.36. The Balaban J connectivity index is 1.31. The van der Waals surface area contributed by atoms with E-state index >= 15 is 0 Å². The molecule has 0 aliphatic rings. The van der Waals surface area contributed by atoms with E-state index in [1.807, 2.05) is 28.8 Å². The third kappa shape index (κ3) is 5.28. The van der Waals surface area contributed by atoms with E-state index in [0.717, 1.165) is 43.4 Å². The number of hydrogen-bond acceptors (Lipinski definition) is 3. The predicted octanol–water partition coefficient (Wildman–Crippen LogP) is 3.66. The molecule has 0 unspecified atom stereocenters. The second kappa shape index (κ2) is 10.4. The van der Waals surface area contributed by atoms with Crippen molar-refractivity contribution in [3.8, 4) is 0 Å². The van der Waals surface area contributed by atoms with E-state index in [4.69, 9.17) is 0 Å². The van der Waals surface area contributed by atoms with Gasteiger partial charge in [0, 0.05) is 38.7 Å². The van der Waals surface area contributed by atoms with E-state index in [-0.39, 0.29) is 0 Å². The standard InChI is InChI=1S/C25H28N6/c1-26-25(28-18-16-24-30-29-23-14-8-9-19-31(23)24)27-17-15-22(20-10-4-2-5-11-20)21-12-6-3-7-13-21/h2-14,19,22H,15-18H2,1H3,(H2,26,27,28). The van der Waals surface area contributed by atoms with Gasteiger partial charge < -0.3 is 10.6 Å². The Morgan fingerprint density at radius 3 is 2.16 bits per heavy atom. The van der Waals surface area contributed by atoms with Gasteiger partial charge >= 0.3 is 0 Å². The zero-order valence-corrected chi connectivity index (χ0v) is 17.8. The molecule has 0 saturated heterocycles. The molecule has 0 fully saturated rings. The van der Waals surface area contributed by atoms with Crippen LogP contribution in [0.1, 0.15) is 29.3 Å². The first-order valence-electron chi connectivity index (χ1n) is 10.7. The Bertz CT molecular complexity index is 1070. The van der Waals surface area contributed by atoms with Gasteiger partial charge in [-0.25, -0.2) is 0 Å². The van der Waals surface area contributed by atoms with Gasteiger partial charge in [-0.05, 0) is 29.7 Å². The lowest BCUT2D eigenvalue weighted by Crippen LogP contribution is -2.39. The maximum absolute atomic E-state index is 4.36. The highest BCUT2D eigenvalue weighted by atomic mass is 15.2. The molecule has 0 aliphatic heterocycles. The molecule has 0 saturated carbocycles. The topological polar surface area (TPSA) is 66.6 Å². The quantitative estimate of drug-likeness (QED) is 0.342. The van der Waals surface area contributed by atoms with Gasteiger partial charge in [0.15, 0.2) is 11.6 Å². The van der Waals surface area contributed by atoms with Gasteiger partial charge in [-0.3, -0.25) is 9.39 Å². The Morgan fingerprint density at radius 1 is 0.839 bits per heavy atom. The maximum Gasteiger partial charge on any atom is 0.190 e. The van der Waals surface area contributed by atoms with Crippen molar-refractivity contribution in [3.05, 3.63) is 102 Å². The van der Waals surface area contributed by atoms with Crippen molar-refractivity contribution in [2.45, 2.75) is 18.8 Å². The summed E-state index contributed by atoms with van der Waals surface area (Å²) in [6.07, 6.45) is 3.73. The molecule has 4 rings (SSSR count). The summed E-state index contributed by atoms with van der Waals surface area (Å²) in [6, 6.07) is 27.3. The molecule has 6 heteroatoms. The molecule has 2 aromatic heterocycles. The minimum absolute atomic E-state index is 0.343. The van der Waals surface area contributed by atoms with Crippen molar-refractivity contribution < 1.29 is 0 Å². The summed E-state index contributed by atoms with van der Waals surface area (Å²) in [5.41, 5.74) is 3.53. The second-order valence-corrected chi connectivity index (χ2v) is 7.38. The van der Waals surface area contributed by atoms with Crippen LogP contribution >= 0.6 is 0 Å². The minimum Gasteiger partial charge on any atom is -0.356 e. The summed E-state index contributed by atoms with van der Waals surface area (Å²) in [5.74, 6) is 2.08. The predicted molar refractivity (Wildman–Crippen MR) is 125 cm³/mol. The van der Waals surface area contributed by atoms with Crippen molar-refractivity contribution in [1.29, 1.82) is 0 Å². The molecule has 2 aromatic carbocycles. The van der Waals surface area contributed by atoms with Crippen LogP contribution in [0.4, 0.5) is 0 Å². The van der Waals surface area contributed by atoms with E-state index in [0.29, 0.717) is 5.92 Å². The molecule has 2 heterocycles. The average Bonchev–Trinajstić information content (AvgIpc) is 3.25. The third-order valence-corrected chi connectivity index (χ3v) is 5.38. The summed E-state index contributed by atoms with van der Waals surface area (Å²) in [5, 5.41) is 15.3. The van der Waals surface area contributed by atoms with Crippen LogP contribution < -0.4 is 10.6 Å². The molecular formula is C25H28N6. The van der Waals surface area contributed by atoms with Crippen LogP contribution in [0.15, 0.2) is 90.1 Å². The Labute approximate surface area is 183 Å². The molecular weight excluding hydrogens is 384 g/mol. The number of nitrogens with one attached hydrogen (secondary N) is 2. The molecule has 0 radical (unpaired) electrons. The van der Waals surface area contributed by atoms with E-state index < -0.39 is 0 Å². The first-order chi connectivity index (χ1) is 15.3. The van der Waals surface area contributed by atoms with Gasteiger partial charge in [-0.15, -0.1) is 10.2 Å². The fourth-order valence-corrected chi connectivity index (χ4v) is 3.81. The molecule has 0 atom stereocenters. The highest BCUT2D eigenvalue weighted by Crippen LogP contribution is 2.27. The van der Waals surface area contributed by atoms with Crippen LogP contribution in [-0.4, -0.2) is 40.7 Å². The van der Waals surface area contributed by atoms with Crippen molar-refractivity contribution >= 4 is 11.6 Å². The zero-order chi connectivity index (χ0) is 21.3. The van der Waals surface area contributed by atoms with Crippen LogP contribution in [-0.2, 0) is 6.42 Å². The van der Waals surface area contributed by atoms with Crippen molar-refractivity contribution in [2.24, 2.45) is 4.99 Å². The van der Waals surface area contributed by atoms with Gasteiger partial charge in [0.05, 0.1) is 0 Å². The Hall–Kier alpha value is -3.67. The molecule has 2 N–H and O–H groups in total. The normalized spacial score (nSPS) is 11.7. The van der Waals surface area contributed by atoms with Crippen LogP contribution in [0.25, 0.3) is 5.65 Å². The maximum atomic E-state index is 4.36. The number of benzene rings is 2. The lowest BCUT2D eigenvalue weighted by Gasteiger charge is -2.19. The SMILES string of the molecule is CN=C(NCCc1nnc2ccccn12)NCCC(c1ccccc1)c1ccccc1. The van der Waals surface area contributed by atoms with Gasteiger partial charge in [0.2, 0.25) is 0 Å². The fourth-order valence-electron chi connectivity index (χ4n) is 3.81. The molecule has 0 aliphatic carbocycles. The van der Waals surface area contributed by atoms with E-state index in [2.05, 4.69) is 86.5 Å². The minimum atomic E-state index is 0.343. The molecule has 6 nitrogen and oxygen atoms in total. The van der Waals surface area contributed by atoms with E-state index in [9.17, 15) is 0 Å². The highest BCUT2D eigenvalue weighted by molar-refractivity contribution is 5.79. The molecule has 0 spiro atoms. The monoisotopic (exact) mass is 412 g/mol. The number of nitrogens with zero attached hydrogens (tertiary/aromatic N) is 4. The zero-order valence-electron chi connectivity index (χ0n) is 17.8. The summed E-state index contributed by atoms with van der Waals surface area (Å²) < 4.78 is 2.02. The number of hydrogen-bond donors (Lipinski definition) is 2. The summed E-state index contributed by atoms with van der Waals surface area (Å²) in [6.45, 7) is 1.55. The largest absolute Gasteiger partial charge is 0.356 e. The second-order valence-electron chi connectivity index (χ2n) is 7.38. The Kier molecular flexibility index (Phi) is 6.90. The summed E-state index contributed by atoms with van der Waals surface area (Å²) >= 11 is 0. The first kappa shape index (κ1) is 20.6. The number of guanidine groups is 1. The smallest absolute Gasteiger partial charge is 0.190 e. The number of rotatable bonds is 8. The van der Waals surface area contributed by atoms with Crippen LogP contribution in [0.5, 0.6) is 0 Å². The molecule has 158 valence electrons. The summed E-state index contributed by atoms with van der Waals surface area (Å²) in [7, 11) is 1.80. The van der Waals surface area contributed by atoms with Crippen LogP contribution in [0.2, 0.25) is 0 Å². The molecule has 0 amide bonds. The fraction of sp³-hybridized carbons (Fsp3) is 0.240. The van der Waals surface area contributed by atoms with Gasteiger partial charge in [0.1, 0.15) is 5.82 Å². The number of aromatic nitrogens is 3. The van der Waals surface area contributed by atoms with E-state index in [1.165, 1.54) is 11.1 Å². The lowest BCUT2D eigenvalue weighted by molar-refractivity contribution is 0.676. The van der Waals surface area contributed by atoms with Crippen molar-refractivity contribution in [1.82, 2.24) is 25.2 Å². The number of pyridine rings is 1. The van der Waals surface area contributed by atoms with Crippen LogP contribution in [0, 0.1) is 0 Å². The number of aliphatic imine (C=N–C) groups is 1. The van der Waals surface area contributed by atoms with Gasteiger partial charge in [-0.2, -0.15) is 0 Å². The molecule has 4 aromatic rings. The van der Waals surface area contributed by atoms with Crippen LogP contribution in [0.3, 0.4) is 0 Å². The van der Waals surface area contributed by atoms with Crippen molar-refractivity contribution in [2.75, 3.05) is 20.1 Å². The van der Waals surface area contributed by atoms with Gasteiger partial charge in [-0.1, -0.05) is 66.7 Å². The highest BCUT2D eigenvalue weighted by Gasteiger charge is 2.14. The third-order valence-electron chi connectivity index (χ3n) is 5.38. The van der Waals surface area contributed by atoms with Crippen molar-refractivity contribution in [3.63, 3.8) is 0 Å². The van der Waals surface area contributed by atoms with E-state index in [1.54, 1.807) is 7.05 Å². The lowest BCUT2D eigenvalue weighted by atomic mass is 9.88. The first-order valence-corrected chi connectivity index (χ1v) is 10.7. The number of fused-ring (bicyclic) bond motifs is 1. The Morgan fingerprint density at radius 2 is 1.48 bits per heavy atom. The average molecular weight is 413 g/mol. The molecule has 0 bridgehead atoms. The van der Waals surface area contributed by atoms with Gasteiger partial charge in [0.25, 0.3) is 0 Å².